The van der Waals surface area contributed by atoms with Crippen molar-refractivity contribution in [3.05, 3.63) is 62.6 Å². The van der Waals surface area contributed by atoms with Crippen molar-refractivity contribution < 1.29 is 9.47 Å². The van der Waals surface area contributed by atoms with E-state index in [1.807, 2.05) is 0 Å². The van der Waals surface area contributed by atoms with Crippen molar-refractivity contribution in [1.82, 2.24) is 0 Å². The summed E-state index contributed by atoms with van der Waals surface area (Å²) in [4.78, 5) is 0. The van der Waals surface area contributed by atoms with E-state index in [-0.39, 0.29) is 6.04 Å². The summed E-state index contributed by atoms with van der Waals surface area (Å²) in [5.74, 6) is 2.40. The lowest BCUT2D eigenvalue weighted by Crippen LogP contribution is -2.29. The van der Waals surface area contributed by atoms with Gasteiger partial charge < -0.3 is 14.8 Å². The SMILES string of the molecule is COc1cc(C2Nc3c(Br)cccc3C3C=CCC32)cc(Br)c1OC. The summed E-state index contributed by atoms with van der Waals surface area (Å²) >= 11 is 7.33. The van der Waals surface area contributed by atoms with Gasteiger partial charge in [0.1, 0.15) is 0 Å². The molecule has 1 aliphatic heterocycles. The Labute approximate surface area is 164 Å². The monoisotopic (exact) mass is 463 g/mol. The average Bonchev–Trinajstić information content (AvgIpc) is 3.10. The second-order valence-electron chi connectivity index (χ2n) is 6.42. The highest BCUT2D eigenvalue weighted by atomic mass is 79.9. The minimum absolute atomic E-state index is 0.210. The summed E-state index contributed by atoms with van der Waals surface area (Å²) in [7, 11) is 3.33. The van der Waals surface area contributed by atoms with Gasteiger partial charge in [0, 0.05) is 10.4 Å². The molecule has 1 aliphatic carbocycles. The molecule has 0 aromatic heterocycles. The van der Waals surface area contributed by atoms with Gasteiger partial charge in [-0.1, -0.05) is 24.3 Å². The zero-order chi connectivity index (χ0) is 17.6. The van der Waals surface area contributed by atoms with Gasteiger partial charge in [0.2, 0.25) is 0 Å². The standard InChI is InChI=1S/C20H19Br2NO2/c1-24-17-10-11(9-16(22)20(17)25-2)18-13-6-3-5-12(13)14-7-4-8-15(21)19(14)23-18/h3-5,7-10,12-13,18,23H,6H2,1-2H3. The van der Waals surface area contributed by atoms with Gasteiger partial charge in [-0.05, 0) is 73.5 Å². The molecular weight excluding hydrogens is 446 g/mol. The Bertz CT molecular complexity index is 850. The predicted octanol–water partition coefficient (Wildman–Crippen LogP) is 6.06. The van der Waals surface area contributed by atoms with Crippen molar-refractivity contribution in [3.63, 3.8) is 0 Å². The first-order chi connectivity index (χ1) is 12.1. The van der Waals surface area contributed by atoms with Crippen molar-refractivity contribution in [1.29, 1.82) is 0 Å². The van der Waals surface area contributed by atoms with Crippen molar-refractivity contribution in [3.8, 4) is 11.5 Å². The zero-order valence-corrected chi connectivity index (χ0v) is 17.2. The van der Waals surface area contributed by atoms with Crippen LogP contribution in [-0.4, -0.2) is 14.2 Å². The summed E-state index contributed by atoms with van der Waals surface area (Å²) in [6.45, 7) is 0. The molecule has 1 N–H and O–H groups in total. The average molecular weight is 465 g/mol. The number of fused-ring (bicyclic) bond motifs is 3. The Morgan fingerprint density at radius 1 is 1.08 bits per heavy atom. The normalized spacial score (nSPS) is 23.6. The van der Waals surface area contributed by atoms with Crippen LogP contribution in [0.4, 0.5) is 5.69 Å². The highest BCUT2D eigenvalue weighted by Crippen LogP contribution is 2.52. The van der Waals surface area contributed by atoms with Gasteiger partial charge in [0.05, 0.1) is 30.4 Å². The minimum Gasteiger partial charge on any atom is -0.493 e. The van der Waals surface area contributed by atoms with Crippen LogP contribution in [-0.2, 0) is 0 Å². The number of ether oxygens (including phenoxy) is 2. The first-order valence-corrected chi connectivity index (χ1v) is 9.85. The van der Waals surface area contributed by atoms with Crippen LogP contribution >= 0.6 is 31.9 Å². The number of anilines is 1. The molecule has 25 heavy (non-hydrogen) atoms. The molecule has 4 rings (SSSR count). The van der Waals surface area contributed by atoms with Crippen molar-refractivity contribution >= 4 is 37.5 Å². The van der Waals surface area contributed by atoms with E-state index < -0.39 is 0 Å². The summed E-state index contributed by atoms with van der Waals surface area (Å²) in [5.41, 5.74) is 3.75. The number of rotatable bonds is 3. The molecule has 0 spiro atoms. The summed E-state index contributed by atoms with van der Waals surface area (Å²) in [6.07, 6.45) is 5.72. The number of nitrogens with one attached hydrogen (secondary N) is 1. The van der Waals surface area contributed by atoms with E-state index in [4.69, 9.17) is 9.47 Å². The summed E-state index contributed by atoms with van der Waals surface area (Å²) in [6, 6.07) is 10.9. The molecule has 2 aliphatic rings. The van der Waals surface area contributed by atoms with Crippen molar-refractivity contribution in [2.24, 2.45) is 5.92 Å². The number of benzene rings is 2. The molecule has 0 radical (unpaired) electrons. The van der Waals surface area contributed by atoms with E-state index in [9.17, 15) is 0 Å². The van der Waals surface area contributed by atoms with Crippen LogP contribution in [0.5, 0.6) is 11.5 Å². The largest absolute Gasteiger partial charge is 0.493 e. The highest BCUT2D eigenvalue weighted by molar-refractivity contribution is 9.11. The van der Waals surface area contributed by atoms with Gasteiger partial charge >= 0.3 is 0 Å². The molecule has 0 fully saturated rings. The number of hydrogen-bond donors (Lipinski definition) is 1. The van der Waals surface area contributed by atoms with Gasteiger partial charge in [-0.2, -0.15) is 0 Å². The Balaban J connectivity index is 1.82. The number of hydrogen-bond acceptors (Lipinski definition) is 3. The smallest absolute Gasteiger partial charge is 0.174 e. The van der Waals surface area contributed by atoms with E-state index in [0.717, 1.165) is 26.9 Å². The molecule has 2 aromatic rings. The van der Waals surface area contributed by atoms with E-state index in [1.165, 1.54) is 16.8 Å². The van der Waals surface area contributed by atoms with Crippen LogP contribution < -0.4 is 14.8 Å². The maximum atomic E-state index is 5.55. The van der Waals surface area contributed by atoms with Gasteiger partial charge in [0.25, 0.3) is 0 Å². The molecule has 5 heteroatoms. The molecule has 0 saturated heterocycles. The van der Waals surface area contributed by atoms with Crippen LogP contribution in [0, 0.1) is 5.92 Å². The number of halogens is 2. The Kier molecular flexibility index (Phi) is 4.54. The minimum atomic E-state index is 0.210. The fourth-order valence-corrected chi connectivity index (χ4v) is 5.15. The Hall–Kier alpha value is -1.46. The third-order valence-electron chi connectivity index (χ3n) is 5.16. The van der Waals surface area contributed by atoms with Crippen LogP contribution in [0.15, 0.2) is 51.4 Å². The molecule has 0 saturated carbocycles. The maximum absolute atomic E-state index is 5.55. The lowest BCUT2D eigenvalue weighted by Gasteiger charge is -2.38. The lowest BCUT2D eigenvalue weighted by molar-refractivity contribution is 0.351. The maximum Gasteiger partial charge on any atom is 0.174 e. The Morgan fingerprint density at radius 2 is 1.92 bits per heavy atom. The van der Waals surface area contributed by atoms with Crippen LogP contribution in [0.2, 0.25) is 0 Å². The third kappa shape index (κ3) is 2.77. The molecule has 3 nitrogen and oxygen atoms in total. The van der Waals surface area contributed by atoms with Crippen LogP contribution in [0.3, 0.4) is 0 Å². The Morgan fingerprint density at radius 3 is 2.68 bits per heavy atom. The lowest BCUT2D eigenvalue weighted by atomic mass is 9.77. The number of para-hydroxylation sites is 1. The fraction of sp³-hybridized carbons (Fsp3) is 0.300. The molecule has 3 unspecified atom stereocenters. The second kappa shape index (κ2) is 6.69. The van der Waals surface area contributed by atoms with Gasteiger partial charge in [-0.25, -0.2) is 0 Å². The molecule has 1 heterocycles. The number of allylic oxidation sites excluding steroid dienone is 2. The van der Waals surface area contributed by atoms with E-state index in [0.29, 0.717) is 11.8 Å². The van der Waals surface area contributed by atoms with Crippen LogP contribution in [0.1, 0.15) is 29.5 Å². The van der Waals surface area contributed by atoms with E-state index in [2.05, 4.69) is 79.7 Å². The molecule has 2 aromatic carbocycles. The zero-order valence-electron chi connectivity index (χ0n) is 14.1. The van der Waals surface area contributed by atoms with E-state index in [1.54, 1.807) is 14.2 Å². The second-order valence-corrected chi connectivity index (χ2v) is 8.13. The fourth-order valence-electron chi connectivity index (χ4n) is 4.03. The van der Waals surface area contributed by atoms with E-state index >= 15 is 0 Å². The molecular formula is C20H19Br2NO2. The van der Waals surface area contributed by atoms with Gasteiger partial charge in [-0.15, -0.1) is 0 Å². The van der Waals surface area contributed by atoms with Crippen molar-refractivity contribution in [2.45, 2.75) is 18.4 Å². The molecule has 3 atom stereocenters. The highest BCUT2D eigenvalue weighted by Gasteiger charge is 2.38. The molecule has 0 bridgehead atoms. The third-order valence-corrected chi connectivity index (χ3v) is 6.41. The van der Waals surface area contributed by atoms with Crippen LogP contribution in [0.25, 0.3) is 0 Å². The van der Waals surface area contributed by atoms with Gasteiger partial charge in [-0.3, -0.25) is 0 Å². The van der Waals surface area contributed by atoms with Gasteiger partial charge in [0.15, 0.2) is 11.5 Å². The van der Waals surface area contributed by atoms with Crippen molar-refractivity contribution in [2.75, 3.05) is 19.5 Å². The molecule has 0 amide bonds. The predicted molar refractivity (Wildman–Crippen MR) is 108 cm³/mol. The topological polar surface area (TPSA) is 30.5 Å². The quantitative estimate of drug-likeness (QED) is 0.560. The first-order valence-electron chi connectivity index (χ1n) is 8.27. The summed E-state index contributed by atoms with van der Waals surface area (Å²) < 4.78 is 13.0. The molecule has 130 valence electrons. The first kappa shape index (κ1) is 17.0. The summed E-state index contributed by atoms with van der Waals surface area (Å²) in [5, 5.41) is 3.76. The number of methoxy groups -OCH3 is 2.